The summed E-state index contributed by atoms with van der Waals surface area (Å²) < 4.78 is 7.28. The minimum absolute atomic E-state index is 0.198. The average Bonchev–Trinajstić information content (AvgIpc) is 3.50. The number of methoxy groups -OCH3 is 1. The Morgan fingerprint density at radius 1 is 1.29 bits per heavy atom. The predicted molar refractivity (Wildman–Crippen MR) is 127 cm³/mol. The van der Waals surface area contributed by atoms with Crippen molar-refractivity contribution in [2.75, 3.05) is 19.0 Å². The number of halogens is 1. The fourth-order valence-corrected chi connectivity index (χ4v) is 4.03. The largest absolute Gasteiger partial charge is 0.495 e. The van der Waals surface area contributed by atoms with Gasteiger partial charge in [-0.2, -0.15) is 5.10 Å². The lowest BCUT2D eigenvalue weighted by Crippen LogP contribution is -2.40. The van der Waals surface area contributed by atoms with Gasteiger partial charge in [-0.15, -0.1) is 0 Å². The van der Waals surface area contributed by atoms with Crippen LogP contribution in [-0.2, 0) is 4.79 Å². The van der Waals surface area contributed by atoms with Gasteiger partial charge >= 0.3 is 5.97 Å². The van der Waals surface area contributed by atoms with Gasteiger partial charge in [-0.1, -0.05) is 11.6 Å². The van der Waals surface area contributed by atoms with E-state index < -0.39 is 12.0 Å². The van der Waals surface area contributed by atoms with Crippen LogP contribution in [0.3, 0.4) is 0 Å². The molecule has 1 aliphatic rings. The first-order valence-electron chi connectivity index (χ1n) is 10.9. The second kappa shape index (κ2) is 9.68. The molecule has 0 radical (unpaired) electrons. The molecule has 1 fully saturated rings. The zero-order valence-electron chi connectivity index (χ0n) is 19.0. The average molecular weight is 485 g/mol. The second-order valence-electron chi connectivity index (χ2n) is 8.20. The molecule has 34 heavy (non-hydrogen) atoms. The van der Waals surface area contributed by atoms with Gasteiger partial charge in [0.2, 0.25) is 5.95 Å². The summed E-state index contributed by atoms with van der Waals surface area (Å²) in [6, 6.07) is 6.08. The van der Waals surface area contributed by atoms with Gasteiger partial charge in [0.25, 0.3) is 5.91 Å². The number of amides is 1. The first-order chi connectivity index (χ1) is 16.3. The molecule has 3 heterocycles. The third-order valence-corrected chi connectivity index (χ3v) is 5.89. The number of carbonyl (C=O) groups is 2. The number of carboxylic acid groups (broad SMARTS) is 1. The third kappa shape index (κ3) is 4.67. The van der Waals surface area contributed by atoms with Crippen LogP contribution in [-0.4, -0.2) is 61.3 Å². The van der Waals surface area contributed by atoms with Crippen LogP contribution in [0.1, 0.15) is 43.1 Å². The maximum Gasteiger partial charge on any atom is 0.326 e. The Morgan fingerprint density at radius 3 is 2.76 bits per heavy atom. The summed E-state index contributed by atoms with van der Waals surface area (Å²) in [7, 11) is 1.48. The summed E-state index contributed by atoms with van der Waals surface area (Å²) in [4.78, 5) is 34.5. The number of carboxylic acids is 1. The lowest BCUT2D eigenvalue weighted by Gasteiger charge is -2.22. The van der Waals surface area contributed by atoms with E-state index in [-0.39, 0.29) is 17.9 Å². The second-order valence-corrected chi connectivity index (χ2v) is 8.61. The Bertz CT molecular complexity index is 1230. The van der Waals surface area contributed by atoms with Gasteiger partial charge < -0.3 is 20.1 Å². The van der Waals surface area contributed by atoms with Crippen molar-refractivity contribution in [3.05, 3.63) is 47.2 Å². The summed E-state index contributed by atoms with van der Waals surface area (Å²) in [6.07, 6.45) is 4.46. The molecular weight excluding hydrogens is 460 g/mol. The fraction of sp³-hybridized carbons (Fsp3) is 0.348. The van der Waals surface area contributed by atoms with Crippen molar-refractivity contribution in [3.63, 3.8) is 0 Å². The van der Waals surface area contributed by atoms with E-state index >= 15 is 0 Å². The molecule has 0 spiro atoms. The molecule has 11 heteroatoms. The minimum atomic E-state index is -0.995. The van der Waals surface area contributed by atoms with Crippen LogP contribution in [0.15, 0.2) is 36.7 Å². The number of anilines is 2. The number of aromatic nitrogens is 4. The lowest BCUT2D eigenvalue weighted by molar-refractivity contribution is -0.141. The van der Waals surface area contributed by atoms with Gasteiger partial charge in [0.05, 0.1) is 24.0 Å². The van der Waals surface area contributed by atoms with Crippen LogP contribution in [0.2, 0.25) is 5.02 Å². The molecule has 0 unspecified atom stereocenters. The fourth-order valence-electron chi connectivity index (χ4n) is 3.84. The minimum Gasteiger partial charge on any atom is -0.495 e. The summed E-state index contributed by atoms with van der Waals surface area (Å²) >= 11 is 6.32. The molecule has 3 aromatic rings. The maximum atomic E-state index is 12.9. The molecule has 1 amide bonds. The van der Waals surface area contributed by atoms with Crippen molar-refractivity contribution < 1.29 is 19.4 Å². The van der Waals surface area contributed by atoms with E-state index in [2.05, 4.69) is 20.4 Å². The van der Waals surface area contributed by atoms with Crippen molar-refractivity contribution >= 4 is 35.1 Å². The predicted octanol–water partition coefficient (Wildman–Crippen LogP) is 4.02. The first kappa shape index (κ1) is 23.5. The highest BCUT2D eigenvalue weighted by molar-refractivity contribution is 6.32. The van der Waals surface area contributed by atoms with E-state index in [4.69, 9.17) is 16.3 Å². The van der Waals surface area contributed by atoms with Crippen LogP contribution in [0.4, 0.5) is 11.6 Å². The van der Waals surface area contributed by atoms with Crippen LogP contribution in [0, 0.1) is 0 Å². The number of carbonyl (C=O) groups excluding carboxylic acids is 1. The topological polar surface area (TPSA) is 122 Å². The zero-order valence-corrected chi connectivity index (χ0v) is 19.8. The van der Waals surface area contributed by atoms with Gasteiger partial charge in [-0.25, -0.2) is 14.8 Å². The van der Waals surface area contributed by atoms with E-state index in [1.807, 2.05) is 30.8 Å². The first-order valence-corrected chi connectivity index (χ1v) is 11.2. The molecule has 1 atom stereocenters. The van der Waals surface area contributed by atoms with Gasteiger partial charge in [-0.05, 0) is 51.0 Å². The van der Waals surface area contributed by atoms with E-state index in [0.717, 1.165) is 0 Å². The van der Waals surface area contributed by atoms with Gasteiger partial charge in [-0.3, -0.25) is 9.48 Å². The third-order valence-electron chi connectivity index (χ3n) is 5.62. The number of rotatable bonds is 7. The zero-order chi connectivity index (χ0) is 24.4. The van der Waals surface area contributed by atoms with Crippen molar-refractivity contribution in [3.8, 4) is 17.1 Å². The van der Waals surface area contributed by atoms with E-state index in [1.54, 1.807) is 18.2 Å². The van der Waals surface area contributed by atoms with Gasteiger partial charge in [0.1, 0.15) is 23.2 Å². The van der Waals surface area contributed by atoms with Crippen molar-refractivity contribution in [2.45, 2.75) is 38.8 Å². The van der Waals surface area contributed by atoms with Crippen molar-refractivity contribution in [1.82, 2.24) is 24.6 Å². The molecule has 2 N–H and O–H groups in total. The van der Waals surface area contributed by atoms with Crippen LogP contribution in [0.25, 0.3) is 11.4 Å². The highest BCUT2D eigenvalue weighted by Gasteiger charge is 2.34. The summed E-state index contributed by atoms with van der Waals surface area (Å²) in [5.41, 5.74) is 1.98. The number of nitrogens with zero attached hydrogens (tertiary/aromatic N) is 5. The smallest absolute Gasteiger partial charge is 0.326 e. The van der Waals surface area contributed by atoms with Crippen LogP contribution >= 0.6 is 11.6 Å². The van der Waals surface area contributed by atoms with Crippen molar-refractivity contribution in [2.24, 2.45) is 0 Å². The summed E-state index contributed by atoms with van der Waals surface area (Å²) in [5.74, 6) is -0.673. The molecule has 1 aromatic carbocycles. The quantitative estimate of drug-likeness (QED) is 0.515. The highest BCUT2D eigenvalue weighted by atomic mass is 35.5. The molecule has 0 saturated carbocycles. The number of ether oxygens (including phenoxy) is 1. The SMILES string of the molecule is COc1cc(C(=O)N2CCC[C@H]2C(=O)O)ccc1Nc1ncc(Cl)c(-c2ccn(C(C)C)n2)n1. The molecule has 2 aromatic heterocycles. The summed E-state index contributed by atoms with van der Waals surface area (Å²) in [5, 5.41) is 17.4. The Balaban J connectivity index is 1.58. The highest BCUT2D eigenvalue weighted by Crippen LogP contribution is 2.31. The van der Waals surface area contributed by atoms with Gasteiger partial charge in [0, 0.05) is 24.3 Å². The summed E-state index contributed by atoms with van der Waals surface area (Å²) in [6.45, 7) is 4.46. The molecular formula is C23H25ClN6O4. The molecule has 1 aliphatic heterocycles. The Morgan fingerprint density at radius 2 is 2.09 bits per heavy atom. The standard InChI is InChI=1S/C23H25ClN6O4/c1-13(2)30-10-8-17(28-30)20-15(24)12-25-23(27-20)26-16-7-6-14(11-19(16)34-3)21(31)29-9-4-5-18(29)22(32)33/h6-8,10-13,18H,4-5,9H2,1-3H3,(H,32,33)(H,25,26,27)/t18-/m0/s1. The molecule has 10 nitrogen and oxygen atoms in total. The molecule has 0 aliphatic carbocycles. The van der Waals surface area contributed by atoms with Crippen LogP contribution < -0.4 is 10.1 Å². The Kier molecular flexibility index (Phi) is 6.69. The molecule has 178 valence electrons. The number of hydrogen-bond acceptors (Lipinski definition) is 7. The normalized spacial score (nSPS) is 15.6. The maximum absolute atomic E-state index is 12.9. The van der Waals surface area contributed by atoms with E-state index in [0.29, 0.717) is 52.8 Å². The number of likely N-dealkylation sites (tertiary alicyclic amines) is 1. The number of nitrogens with one attached hydrogen (secondary N) is 1. The van der Waals surface area contributed by atoms with E-state index in [1.165, 1.54) is 18.2 Å². The van der Waals surface area contributed by atoms with Crippen molar-refractivity contribution in [1.29, 1.82) is 0 Å². The Hall–Kier alpha value is -3.66. The van der Waals surface area contributed by atoms with E-state index in [9.17, 15) is 14.7 Å². The Labute approximate surface area is 201 Å². The lowest BCUT2D eigenvalue weighted by atomic mass is 10.1. The van der Waals surface area contributed by atoms with Crippen LogP contribution in [0.5, 0.6) is 5.75 Å². The van der Waals surface area contributed by atoms with Gasteiger partial charge in [0.15, 0.2) is 0 Å². The monoisotopic (exact) mass is 484 g/mol. The molecule has 1 saturated heterocycles. The molecule has 4 rings (SSSR count). The number of benzene rings is 1. The molecule has 0 bridgehead atoms. The number of hydrogen-bond donors (Lipinski definition) is 2. The number of aliphatic carboxylic acids is 1.